The first-order valence-electron chi connectivity index (χ1n) is 9.43. The second kappa shape index (κ2) is 8.80. The van der Waals surface area contributed by atoms with Crippen LogP contribution in [0.2, 0.25) is 0 Å². The molecule has 27 heavy (non-hydrogen) atoms. The molecule has 0 unspecified atom stereocenters. The first-order chi connectivity index (χ1) is 13.0. The molecule has 1 fully saturated rings. The number of carbonyl (C=O) groups excluding carboxylic acids is 1. The predicted molar refractivity (Wildman–Crippen MR) is 108 cm³/mol. The van der Waals surface area contributed by atoms with Gasteiger partial charge < -0.3 is 19.7 Å². The molecule has 0 bridgehead atoms. The van der Waals surface area contributed by atoms with E-state index in [0.29, 0.717) is 12.3 Å². The highest BCUT2D eigenvalue weighted by Gasteiger charge is 2.24. The van der Waals surface area contributed by atoms with Gasteiger partial charge in [-0.2, -0.15) is 0 Å². The molecule has 1 N–H and O–H groups in total. The molecule has 0 aliphatic carbocycles. The van der Waals surface area contributed by atoms with Crippen LogP contribution in [0.5, 0.6) is 11.5 Å². The van der Waals surface area contributed by atoms with Crippen LogP contribution in [0.25, 0.3) is 0 Å². The molecule has 1 aliphatic heterocycles. The van der Waals surface area contributed by atoms with Crippen molar-refractivity contribution in [3.8, 4) is 11.5 Å². The minimum atomic E-state index is 0.0254. The highest BCUT2D eigenvalue weighted by atomic mass is 16.5. The van der Waals surface area contributed by atoms with Crippen molar-refractivity contribution in [2.75, 3.05) is 32.1 Å². The van der Waals surface area contributed by atoms with E-state index < -0.39 is 0 Å². The van der Waals surface area contributed by atoms with Crippen LogP contribution in [0.1, 0.15) is 24.0 Å². The lowest BCUT2D eigenvalue weighted by Crippen LogP contribution is -2.46. The van der Waals surface area contributed by atoms with Gasteiger partial charge in [0.1, 0.15) is 11.5 Å². The van der Waals surface area contributed by atoms with Crippen LogP contribution in [0.4, 0.5) is 5.69 Å². The van der Waals surface area contributed by atoms with Crippen LogP contribution in [0.15, 0.2) is 42.5 Å². The molecular weight excluding hydrogens is 340 g/mol. The van der Waals surface area contributed by atoms with Gasteiger partial charge in [0.2, 0.25) is 0 Å². The quantitative estimate of drug-likeness (QED) is 0.843. The van der Waals surface area contributed by atoms with E-state index in [2.05, 4.69) is 37.4 Å². The number of amides is 1. The zero-order chi connectivity index (χ0) is 19.2. The molecule has 5 heteroatoms. The molecule has 1 amide bonds. The number of hydrogen-bond donors (Lipinski definition) is 1. The van der Waals surface area contributed by atoms with Crippen LogP contribution < -0.4 is 14.8 Å². The Morgan fingerprint density at radius 2 is 1.85 bits per heavy atom. The van der Waals surface area contributed by atoms with Crippen molar-refractivity contribution in [1.29, 1.82) is 0 Å². The lowest BCUT2D eigenvalue weighted by Gasteiger charge is -2.33. The third-order valence-corrected chi connectivity index (χ3v) is 5.07. The Balaban J connectivity index is 1.51. The number of ether oxygens (including phenoxy) is 2. The highest BCUT2D eigenvalue weighted by molar-refractivity contribution is 5.78. The fourth-order valence-electron chi connectivity index (χ4n) is 3.30. The first kappa shape index (κ1) is 19.1. The normalized spacial score (nSPS) is 16.7. The third kappa shape index (κ3) is 5.16. The van der Waals surface area contributed by atoms with Gasteiger partial charge in [0, 0.05) is 24.8 Å². The summed E-state index contributed by atoms with van der Waals surface area (Å²) in [6, 6.07) is 13.9. The largest absolute Gasteiger partial charge is 0.497 e. The van der Waals surface area contributed by atoms with Crippen molar-refractivity contribution in [3.63, 3.8) is 0 Å². The summed E-state index contributed by atoms with van der Waals surface area (Å²) in [5.41, 5.74) is 3.68. The summed E-state index contributed by atoms with van der Waals surface area (Å²) in [6.45, 7) is 5.78. The molecule has 144 valence electrons. The number of likely N-dealkylation sites (tertiary alicyclic amines) is 1. The maximum atomic E-state index is 12.5. The van der Waals surface area contributed by atoms with E-state index in [9.17, 15) is 4.79 Å². The Hall–Kier alpha value is -2.69. The lowest BCUT2D eigenvalue weighted by molar-refractivity contribution is -0.134. The van der Waals surface area contributed by atoms with Gasteiger partial charge in [-0.3, -0.25) is 4.79 Å². The van der Waals surface area contributed by atoms with Crippen LogP contribution in [-0.4, -0.2) is 43.7 Å². The minimum absolute atomic E-state index is 0.0254. The summed E-state index contributed by atoms with van der Waals surface area (Å²) in [4.78, 5) is 14.4. The molecular formula is C22H28N2O3. The summed E-state index contributed by atoms with van der Waals surface area (Å²) >= 11 is 0. The van der Waals surface area contributed by atoms with Gasteiger partial charge in [0.25, 0.3) is 5.91 Å². The van der Waals surface area contributed by atoms with E-state index in [0.717, 1.165) is 30.8 Å². The van der Waals surface area contributed by atoms with Crippen LogP contribution in [0, 0.1) is 13.8 Å². The standard InChI is InChI=1S/C22H28N2O3/c1-16-6-7-18(13-17(16)2)23-19-5-4-12-24(14-19)22(25)15-27-21-10-8-20(26-3)9-11-21/h6-11,13,19,23H,4-5,12,14-15H2,1-3H3/t19-/m0/s1. The fraction of sp³-hybridized carbons (Fsp3) is 0.409. The van der Waals surface area contributed by atoms with Crippen molar-refractivity contribution < 1.29 is 14.3 Å². The second-order valence-electron chi connectivity index (χ2n) is 7.09. The molecule has 1 heterocycles. The molecule has 1 aliphatic rings. The third-order valence-electron chi connectivity index (χ3n) is 5.07. The van der Waals surface area contributed by atoms with Gasteiger partial charge in [0.15, 0.2) is 6.61 Å². The van der Waals surface area contributed by atoms with E-state index >= 15 is 0 Å². The number of hydrogen-bond acceptors (Lipinski definition) is 4. The Bertz CT molecular complexity index is 774. The Morgan fingerprint density at radius 1 is 1.11 bits per heavy atom. The van der Waals surface area contributed by atoms with Crippen molar-refractivity contribution in [1.82, 2.24) is 4.90 Å². The van der Waals surface area contributed by atoms with E-state index in [4.69, 9.17) is 9.47 Å². The van der Waals surface area contributed by atoms with E-state index in [1.807, 2.05) is 29.2 Å². The number of nitrogens with zero attached hydrogens (tertiary/aromatic N) is 1. The smallest absolute Gasteiger partial charge is 0.260 e. The number of benzene rings is 2. The molecule has 3 rings (SSSR count). The molecule has 0 radical (unpaired) electrons. The summed E-state index contributed by atoms with van der Waals surface area (Å²) in [6.07, 6.45) is 2.06. The summed E-state index contributed by atoms with van der Waals surface area (Å²) in [7, 11) is 1.62. The van der Waals surface area contributed by atoms with Crippen molar-refractivity contribution in [3.05, 3.63) is 53.6 Å². The molecule has 0 aromatic heterocycles. The molecule has 1 atom stereocenters. The van der Waals surface area contributed by atoms with Gasteiger partial charge in [-0.1, -0.05) is 6.07 Å². The number of piperidine rings is 1. The molecule has 5 nitrogen and oxygen atoms in total. The Labute approximate surface area is 161 Å². The zero-order valence-electron chi connectivity index (χ0n) is 16.3. The average molecular weight is 368 g/mol. The van der Waals surface area contributed by atoms with Crippen LogP contribution in [0.3, 0.4) is 0 Å². The number of carbonyl (C=O) groups is 1. The number of rotatable bonds is 6. The summed E-state index contributed by atoms with van der Waals surface area (Å²) in [5.74, 6) is 1.47. The molecule has 1 saturated heterocycles. The number of aryl methyl sites for hydroxylation is 2. The SMILES string of the molecule is COc1ccc(OCC(=O)N2CCC[C@H](Nc3ccc(C)c(C)c3)C2)cc1. The Morgan fingerprint density at radius 3 is 2.56 bits per heavy atom. The first-order valence-corrected chi connectivity index (χ1v) is 9.43. The number of nitrogens with one attached hydrogen (secondary N) is 1. The monoisotopic (exact) mass is 368 g/mol. The molecule has 2 aromatic rings. The van der Waals surface area contributed by atoms with E-state index in [1.54, 1.807) is 7.11 Å². The number of methoxy groups -OCH3 is 1. The Kier molecular flexibility index (Phi) is 6.22. The van der Waals surface area contributed by atoms with Crippen molar-refractivity contribution >= 4 is 11.6 Å². The summed E-state index contributed by atoms with van der Waals surface area (Å²) in [5, 5.41) is 3.57. The van der Waals surface area contributed by atoms with Gasteiger partial charge in [-0.15, -0.1) is 0 Å². The minimum Gasteiger partial charge on any atom is -0.497 e. The van der Waals surface area contributed by atoms with E-state index in [-0.39, 0.29) is 18.6 Å². The molecule has 0 spiro atoms. The summed E-state index contributed by atoms with van der Waals surface area (Å²) < 4.78 is 10.8. The maximum absolute atomic E-state index is 12.5. The van der Waals surface area contributed by atoms with Gasteiger partial charge >= 0.3 is 0 Å². The zero-order valence-corrected chi connectivity index (χ0v) is 16.3. The topological polar surface area (TPSA) is 50.8 Å². The second-order valence-corrected chi connectivity index (χ2v) is 7.09. The number of anilines is 1. The van der Waals surface area contributed by atoms with Crippen molar-refractivity contribution in [2.45, 2.75) is 32.7 Å². The van der Waals surface area contributed by atoms with Gasteiger partial charge in [-0.25, -0.2) is 0 Å². The van der Waals surface area contributed by atoms with Crippen LogP contribution >= 0.6 is 0 Å². The van der Waals surface area contributed by atoms with Crippen molar-refractivity contribution in [2.24, 2.45) is 0 Å². The predicted octanol–water partition coefficient (Wildman–Crippen LogP) is 3.79. The maximum Gasteiger partial charge on any atom is 0.260 e. The molecule has 2 aromatic carbocycles. The van der Waals surface area contributed by atoms with E-state index in [1.165, 1.54) is 11.1 Å². The average Bonchev–Trinajstić information content (AvgIpc) is 2.69. The van der Waals surface area contributed by atoms with Gasteiger partial charge in [0.05, 0.1) is 7.11 Å². The molecule has 0 saturated carbocycles. The van der Waals surface area contributed by atoms with Gasteiger partial charge in [-0.05, 0) is 74.2 Å². The highest BCUT2D eigenvalue weighted by Crippen LogP contribution is 2.20. The fourth-order valence-corrected chi connectivity index (χ4v) is 3.30. The van der Waals surface area contributed by atoms with Crippen LogP contribution in [-0.2, 0) is 4.79 Å². The lowest BCUT2D eigenvalue weighted by atomic mass is 10.0.